The van der Waals surface area contributed by atoms with Gasteiger partial charge < -0.3 is 20.3 Å². The summed E-state index contributed by atoms with van der Waals surface area (Å²) in [5.41, 5.74) is 5.99. The highest BCUT2D eigenvalue weighted by Crippen LogP contribution is 2.27. The number of amides is 2. The minimum atomic E-state index is -0.843. The summed E-state index contributed by atoms with van der Waals surface area (Å²) in [6, 6.07) is 10.8. The van der Waals surface area contributed by atoms with Crippen LogP contribution in [0, 0.1) is 13.8 Å². The Labute approximate surface area is 221 Å². The van der Waals surface area contributed by atoms with Gasteiger partial charge in [0.25, 0.3) is 5.91 Å². The zero-order valence-corrected chi connectivity index (χ0v) is 22.1. The predicted octanol–water partition coefficient (Wildman–Crippen LogP) is 4.47. The van der Waals surface area contributed by atoms with Gasteiger partial charge in [0.1, 0.15) is 6.04 Å². The standard InChI is InChI=1S/C29H33N5O4/c1-18-14-31-33(15-18)17-21-8-9-22(6-5-7-27(35)36)25(12-21)32-28(37)20(3)34-16-19(2)24-13-23(29(38)30-4)10-11-26(24)34/h8-16,20H,5-7,17H2,1-4H3,(H,30,38)(H,32,37)(H,35,36)/t20-/m1/s1. The lowest BCUT2D eigenvalue weighted by molar-refractivity contribution is -0.137. The number of aliphatic carboxylic acids is 1. The third-order valence-electron chi connectivity index (χ3n) is 6.69. The number of benzene rings is 2. The van der Waals surface area contributed by atoms with Gasteiger partial charge in [-0.25, -0.2) is 0 Å². The Morgan fingerprint density at radius 3 is 2.55 bits per heavy atom. The van der Waals surface area contributed by atoms with Gasteiger partial charge in [0.15, 0.2) is 0 Å². The van der Waals surface area contributed by atoms with Crippen molar-refractivity contribution in [2.75, 3.05) is 12.4 Å². The van der Waals surface area contributed by atoms with Crippen LogP contribution in [0.5, 0.6) is 0 Å². The van der Waals surface area contributed by atoms with Crippen molar-refractivity contribution in [1.29, 1.82) is 0 Å². The van der Waals surface area contributed by atoms with Crippen molar-refractivity contribution >= 4 is 34.4 Å². The largest absolute Gasteiger partial charge is 0.481 e. The Bertz CT molecular complexity index is 1500. The quantitative estimate of drug-likeness (QED) is 0.288. The summed E-state index contributed by atoms with van der Waals surface area (Å²) in [4.78, 5) is 36.6. The molecule has 9 nitrogen and oxygen atoms in total. The van der Waals surface area contributed by atoms with Crippen LogP contribution in [-0.2, 0) is 22.6 Å². The molecule has 4 aromatic rings. The van der Waals surface area contributed by atoms with Crippen molar-refractivity contribution in [3.8, 4) is 0 Å². The molecule has 2 heterocycles. The smallest absolute Gasteiger partial charge is 0.303 e. The molecule has 0 fully saturated rings. The molecule has 4 rings (SSSR count). The lowest BCUT2D eigenvalue weighted by atomic mass is 10.0. The molecular formula is C29H33N5O4. The summed E-state index contributed by atoms with van der Waals surface area (Å²) < 4.78 is 3.75. The minimum Gasteiger partial charge on any atom is -0.481 e. The maximum Gasteiger partial charge on any atom is 0.303 e. The molecule has 0 radical (unpaired) electrons. The average Bonchev–Trinajstić information content (AvgIpc) is 3.45. The van der Waals surface area contributed by atoms with Crippen molar-refractivity contribution in [3.63, 3.8) is 0 Å². The van der Waals surface area contributed by atoms with Crippen LogP contribution < -0.4 is 10.6 Å². The van der Waals surface area contributed by atoms with E-state index in [0.717, 1.165) is 33.2 Å². The van der Waals surface area contributed by atoms with Crippen molar-refractivity contribution in [3.05, 3.63) is 82.8 Å². The number of carboxylic acid groups (broad SMARTS) is 1. The van der Waals surface area contributed by atoms with E-state index in [0.29, 0.717) is 30.6 Å². The second-order valence-electron chi connectivity index (χ2n) is 9.65. The second kappa shape index (κ2) is 11.3. The fourth-order valence-electron chi connectivity index (χ4n) is 4.62. The average molecular weight is 516 g/mol. The highest BCUT2D eigenvalue weighted by molar-refractivity contribution is 6.00. The lowest BCUT2D eigenvalue weighted by Crippen LogP contribution is -2.24. The number of hydrogen-bond acceptors (Lipinski definition) is 4. The third kappa shape index (κ3) is 5.94. The number of nitrogens with one attached hydrogen (secondary N) is 2. The van der Waals surface area contributed by atoms with E-state index in [1.807, 2.05) is 72.7 Å². The molecule has 0 bridgehead atoms. The number of carboxylic acids is 1. The number of nitrogens with zero attached hydrogens (tertiary/aromatic N) is 3. The number of aryl methyl sites for hydroxylation is 3. The SMILES string of the molecule is CNC(=O)c1ccc2c(c1)c(C)cn2[C@H](C)C(=O)Nc1cc(Cn2cc(C)cn2)ccc1CCCC(=O)O. The Morgan fingerprint density at radius 2 is 1.87 bits per heavy atom. The summed E-state index contributed by atoms with van der Waals surface area (Å²) in [7, 11) is 1.60. The molecule has 9 heteroatoms. The lowest BCUT2D eigenvalue weighted by Gasteiger charge is -2.18. The van der Waals surface area contributed by atoms with Gasteiger partial charge in [-0.1, -0.05) is 12.1 Å². The zero-order valence-electron chi connectivity index (χ0n) is 22.1. The van der Waals surface area contributed by atoms with Crippen molar-refractivity contribution in [2.24, 2.45) is 0 Å². The molecular weight excluding hydrogens is 482 g/mol. The first-order valence-corrected chi connectivity index (χ1v) is 12.6. The molecule has 0 saturated carbocycles. The molecule has 0 aliphatic heterocycles. The summed E-state index contributed by atoms with van der Waals surface area (Å²) in [6.07, 6.45) is 6.74. The maximum absolute atomic E-state index is 13.5. The van der Waals surface area contributed by atoms with E-state index in [2.05, 4.69) is 15.7 Å². The highest BCUT2D eigenvalue weighted by atomic mass is 16.4. The monoisotopic (exact) mass is 515 g/mol. The van der Waals surface area contributed by atoms with Crippen molar-refractivity contribution in [2.45, 2.75) is 52.6 Å². The number of hydrogen-bond donors (Lipinski definition) is 3. The summed E-state index contributed by atoms with van der Waals surface area (Å²) >= 11 is 0. The molecule has 0 aliphatic rings. The Balaban J connectivity index is 1.60. The summed E-state index contributed by atoms with van der Waals surface area (Å²) in [5.74, 6) is -1.20. The molecule has 0 unspecified atom stereocenters. The Hall–Kier alpha value is -4.40. The van der Waals surface area contributed by atoms with Gasteiger partial charge in [-0.05, 0) is 80.1 Å². The fourth-order valence-corrected chi connectivity index (χ4v) is 4.62. The van der Waals surface area contributed by atoms with Gasteiger partial charge in [-0.15, -0.1) is 0 Å². The Kier molecular flexibility index (Phi) is 7.95. The van der Waals surface area contributed by atoms with E-state index in [4.69, 9.17) is 5.11 Å². The topological polar surface area (TPSA) is 118 Å². The number of anilines is 1. The van der Waals surface area contributed by atoms with Crippen LogP contribution in [0.3, 0.4) is 0 Å². The number of rotatable bonds is 10. The third-order valence-corrected chi connectivity index (χ3v) is 6.69. The molecule has 38 heavy (non-hydrogen) atoms. The molecule has 1 atom stereocenters. The number of carbonyl (C=O) groups excluding carboxylic acids is 2. The second-order valence-corrected chi connectivity index (χ2v) is 9.65. The van der Waals surface area contributed by atoms with E-state index in [9.17, 15) is 14.4 Å². The molecule has 198 valence electrons. The van der Waals surface area contributed by atoms with Gasteiger partial charge in [0, 0.05) is 48.0 Å². The number of carbonyl (C=O) groups is 3. The molecule has 2 amide bonds. The van der Waals surface area contributed by atoms with E-state index >= 15 is 0 Å². The molecule has 0 spiro atoms. The number of aromatic nitrogens is 3. The predicted molar refractivity (Wildman–Crippen MR) is 146 cm³/mol. The van der Waals surface area contributed by atoms with Crippen LogP contribution in [0.4, 0.5) is 5.69 Å². The van der Waals surface area contributed by atoms with Crippen LogP contribution in [-0.4, -0.2) is 44.3 Å². The first-order chi connectivity index (χ1) is 18.2. The molecule has 0 saturated heterocycles. The molecule has 0 aliphatic carbocycles. The number of fused-ring (bicyclic) bond motifs is 1. The van der Waals surface area contributed by atoms with E-state index < -0.39 is 12.0 Å². The van der Waals surface area contributed by atoms with Gasteiger partial charge in [0.2, 0.25) is 5.91 Å². The van der Waals surface area contributed by atoms with Crippen LogP contribution in [0.2, 0.25) is 0 Å². The zero-order chi connectivity index (χ0) is 27.4. The minimum absolute atomic E-state index is 0.0603. The van der Waals surface area contributed by atoms with Crippen LogP contribution >= 0.6 is 0 Å². The van der Waals surface area contributed by atoms with E-state index in [-0.39, 0.29) is 18.2 Å². The summed E-state index contributed by atoms with van der Waals surface area (Å²) in [6.45, 7) is 6.32. The molecule has 2 aromatic carbocycles. The highest BCUT2D eigenvalue weighted by Gasteiger charge is 2.20. The van der Waals surface area contributed by atoms with Crippen LogP contribution in [0.1, 0.15) is 58.4 Å². The maximum atomic E-state index is 13.5. The fraction of sp³-hybridized carbons (Fsp3) is 0.310. The Morgan fingerprint density at radius 1 is 1.08 bits per heavy atom. The molecule has 3 N–H and O–H groups in total. The molecule has 2 aromatic heterocycles. The van der Waals surface area contributed by atoms with E-state index in [1.165, 1.54) is 0 Å². The van der Waals surface area contributed by atoms with E-state index in [1.54, 1.807) is 19.3 Å². The van der Waals surface area contributed by atoms with Crippen LogP contribution in [0.25, 0.3) is 10.9 Å². The van der Waals surface area contributed by atoms with Gasteiger partial charge in [-0.3, -0.25) is 19.1 Å². The van der Waals surface area contributed by atoms with Gasteiger partial charge in [0.05, 0.1) is 12.7 Å². The van der Waals surface area contributed by atoms with Gasteiger partial charge in [-0.2, -0.15) is 5.10 Å². The van der Waals surface area contributed by atoms with Crippen molar-refractivity contribution in [1.82, 2.24) is 19.7 Å². The summed E-state index contributed by atoms with van der Waals surface area (Å²) in [5, 5.41) is 20.1. The van der Waals surface area contributed by atoms with Crippen LogP contribution in [0.15, 0.2) is 55.0 Å². The first kappa shape index (κ1) is 26.7. The normalized spacial score (nSPS) is 11.9. The van der Waals surface area contributed by atoms with Crippen molar-refractivity contribution < 1.29 is 19.5 Å². The van der Waals surface area contributed by atoms with Gasteiger partial charge >= 0.3 is 5.97 Å². The first-order valence-electron chi connectivity index (χ1n) is 12.6.